The van der Waals surface area contributed by atoms with Crippen LogP contribution in [0.2, 0.25) is 0 Å². The molecule has 0 aliphatic carbocycles. The predicted octanol–water partition coefficient (Wildman–Crippen LogP) is 5.36. The summed E-state index contributed by atoms with van der Waals surface area (Å²) in [6, 6.07) is 6.51. The fraction of sp³-hybridized carbons (Fsp3) is 0.659. The minimum atomic E-state index is -1.37. The molecule has 0 aromatic heterocycles. The Labute approximate surface area is 324 Å². The van der Waals surface area contributed by atoms with Crippen molar-refractivity contribution < 1.29 is 38.5 Å². The lowest BCUT2D eigenvalue weighted by molar-refractivity contribution is -0.164. The van der Waals surface area contributed by atoms with Crippen molar-refractivity contribution in [3.05, 3.63) is 61.2 Å². The molecule has 3 saturated heterocycles. The van der Waals surface area contributed by atoms with E-state index in [9.17, 15) is 19.5 Å². The molecule has 1 spiro atoms. The molecule has 1 aromatic rings. The zero-order valence-corrected chi connectivity index (χ0v) is 34.3. The lowest BCUT2D eigenvalue weighted by atomic mass is 9.70. The topological polar surface area (TPSA) is 135 Å². The van der Waals surface area contributed by atoms with E-state index in [0.717, 1.165) is 0 Å². The van der Waals surface area contributed by atoms with Crippen molar-refractivity contribution in [2.45, 2.75) is 120 Å². The van der Waals surface area contributed by atoms with E-state index in [0.29, 0.717) is 24.8 Å². The van der Waals surface area contributed by atoms with Crippen LogP contribution in [0.3, 0.4) is 0 Å². The number of likely N-dealkylation sites (tertiary alicyclic amines) is 1. The number of ether oxygens (including phenoxy) is 3. The number of alkyl halides is 1. The zero-order valence-electron chi connectivity index (χ0n) is 32.7. The average molecular weight is 803 g/mol. The summed E-state index contributed by atoms with van der Waals surface area (Å²) >= 11 is 3.77. The summed E-state index contributed by atoms with van der Waals surface area (Å²) < 4.78 is 18.7. The van der Waals surface area contributed by atoms with Gasteiger partial charge in [0.1, 0.15) is 17.7 Å². The normalized spacial score (nSPS) is 26.9. The van der Waals surface area contributed by atoms with Crippen molar-refractivity contribution in [2.75, 3.05) is 26.9 Å². The van der Waals surface area contributed by atoms with Crippen molar-refractivity contribution in [3.63, 3.8) is 0 Å². The second-order valence-corrected chi connectivity index (χ2v) is 18.1. The monoisotopic (exact) mass is 801 g/mol. The number of nitrogens with zero attached hydrogens (tertiary/aromatic N) is 2. The van der Waals surface area contributed by atoms with Crippen molar-refractivity contribution in [3.8, 4) is 0 Å². The highest BCUT2D eigenvalue weighted by Crippen LogP contribution is 2.61. The molecule has 1 unspecified atom stereocenters. The highest BCUT2D eigenvalue weighted by Gasteiger charge is 2.78. The Morgan fingerprint density at radius 3 is 2.36 bits per heavy atom. The zero-order chi connectivity index (χ0) is 39.5. The highest BCUT2D eigenvalue weighted by atomic mass is 79.9. The molecule has 4 rings (SSSR count). The van der Waals surface area contributed by atoms with Crippen LogP contribution in [0.15, 0.2) is 55.6 Å². The van der Waals surface area contributed by atoms with Crippen LogP contribution in [-0.2, 0) is 33.4 Å². The van der Waals surface area contributed by atoms with E-state index < -0.39 is 65.2 Å². The number of nitrogens with one attached hydrogen (secondary N) is 1. The largest absolute Gasteiger partial charge is 0.455 e. The molecule has 3 aliphatic heterocycles. The number of methoxy groups -OCH3 is 1. The lowest BCUT2D eigenvalue weighted by Crippen LogP contribution is -2.63. The summed E-state index contributed by atoms with van der Waals surface area (Å²) in [7, 11) is 1.50. The molecule has 11 nitrogen and oxygen atoms in total. The van der Waals surface area contributed by atoms with Crippen LogP contribution < -0.4 is 5.32 Å². The Morgan fingerprint density at radius 1 is 1.15 bits per heavy atom. The van der Waals surface area contributed by atoms with E-state index in [-0.39, 0.29) is 54.2 Å². The smallest absolute Gasteiger partial charge is 0.313 e. The Morgan fingerprint density at radius 2 is 1.81 bits per heavy atom. The molecule has 0 saturated carbocycles. The van der Waals surface area contributed by atoms with Crippen molar-refractivity contribution >= 4 is 39.6 Å². The Hall–Kier alpha value is -3.06. The van der Waals surface area contributed by atoms with Gasteiger partial charge in [-0.15, -0.1) is 13.2 Å². The number of hydrogen-bond donors (Lipinski definition) is 2. The van der Waals surface area contributed by atoms with Crippen LogP contribution >= 0.6 is 15.9 Å². The second kappa shape index (κ2) is 17.2. The van der Waals surface area contributed by atoms with Gasteiger partial charge in [-0.25, -0.2) is 0 Å². The van der Waals surface area contributed by atoms with E-state index in [1.165, 1.54) is 12.0 Å². The average Bonchev–Trinajstić information content (AvgIpc) is 3.67. The Bertz CT molecular complexity index is 1500. The molecular formula is C41H60BrN3O8. The lowest BCUT2D eigenvalue weighted by Gasteiger charge is -2.47. The minimum absolute atomic E-state index is 0.0467. The first kappa shape index (κ1) is 42.7. The fourth-order valence-corrected chi connectivity index (χ4v) is 9.97. The number of esters is 1. The molecule has 0 radical (unpaired) electrons. The van der Waals surface area contributed by atoms with Crippen LogP contribution in [-0.4, -0.2) is 106 Å². The van der Waals surface area contributed by atoms with Gasteiger partial charge in [-0.3, -0.25) is 19.2 Å². The van der Waals surface area contributed by atoms with Gasteiger partial charge >= 0.3 is 5.97 Å². The van der Waals surface area contributed by atoms with Crippen LogP contribution in [0, 0.1) is 23.2 Å². The van der Waals surface area contributed by atoms with Crippen LogP contribution in [0.4, 0.5) is 0 Å². The number of rotatable bonds is 18. The molecule has 9 atom stereocenters. The maximum Gasteiger partial charge on any atom is 0.313 e. The Kier molecular flexibility index (Phi) is 13.8. The maximum atomic E-state index is 15.2. The first-order valence-corrected chi connectivity index (χ1v) is 19.6. The SMILES string of the molecule is C=CCCC(=O)N[C@@H](COC)[C@@H](OC(=O)[C@H]1[C@@H]2O[C@@]3(CC2Br)[C@@H]1C(=O)N([C@@H](CO)C(C)C)[C@@H]3C(=O)N(CC=C)C(C)(C)CC(C)(C)C)c1ccccc1. The quantitative estimate of drug-likeness (QED) is 0.115. The molecule has 12 heteroatoms. The third-order valence-corrected chi connectivity index (χ3v) is 11.7. The summed E-state index contributed by atoms with van der Waals surface area (Å²) in [6.45, 7) is 21.7. The van der Waals surface area contributed by atoms with Gasteiger partial charge < -0.3 is 34.4 Å². The van der Waals surface area contributed by atoms with Crippen molar-refractivity contribution in [1.29, 1.82) is 0 Å². The number of allylic oxidation sites excluding steroid dienone is 1. The number of halogens is 1. The van der Waals surface area contributed by atoms with Gasteiger partial charge in [-0.05, 0) is 50.0 Å². The van der Waals surface area contributed by atoms with E-state index >= 15 is 4.79 Å². The van der Waals surface area contributed by atoms with Crippen LogP contribution in [0.5, 0.6) is 0 Å². The number of carbonyl (C=O) groups is 4. The third-order valence-electron chi connectivity index (χ3n) is 10.8. The van der Waals surface area contributed by atoms with Crippen LogP contribution in [0.1, 0.15) is 85.8 Å². The number of aliphatic hydroxyl groups excluding tert-OH is 1. The molecule has 3 fully saturated rings. The summed E-state index contributed by atoms with van der Waals surface area (Å²) in [4.78, 5) is 60.7. The number of carbonyl (C=O) groups excluding carboxylic acids is 4. The number of fused-ring (bicyclic) bond motifs is 1. The molecule has 3 aliphatic rings. The molecular weight excluding hydrogens is 742 g/mol. The van der Waals surface area contributed by atoms with Gasteiger partial charge in [-0.1, -0.05) is 93.0 Å². The van der Waals surface area contributed by atoms with E-state index in [4.69, 9.17) is 14.2 Å². The van der Waals surface area contributed by atoms with E-state index in [2.05, 4.69) is 55.2 Å². The number of amides is 3. The molecule has 1 aromatic carbocycles. The molecule has 294 valence electrons. The van der Waals surface area contributed by atoms with Gasteiger partial charge in [0.2, 0.25) is 17.7 Å². The van der Waals surface area contributed by atoms with E-state index in [1.54, 1.807) is 17.1 Å². The first-order valence-electron chi connectivity index (χ1n) is 18.7. The number of benzene rings is 1. The first-order chi connectivity index (χ1) is 24.9. The molecule has 2 N–H and O–H groups in total. The maximum absolute atomic E-state index is 15.2. The van der Waals surface area contributed by atoms with Gasteiger partial charge in [-0.2, -0.15) is 0 Å². The summed E-state index contributed by atoms with van der Waals surface area (Å²) in [5.74, 6) is -4.00. The van der Waals surface area contributed by atoms with Gasteiger partial charge in [0.15, 0.2) is 0 Å². The van der Waals surface area contributed by atoms with Crippen molar-refractivity contribution in [2.24, 2.45) is 23.2 Å². The van der Waals surface area contributed by atoms with Crippen LogP contribution in [0.25, 0.3) is 0 Å². The third kappa shape index (κ3) is 8.76. The number of hydrogen-bond acceptors (Lipinski definition) is 8. The summed E-state index contributed by atoms with van der Waals surface area (Å²) in [5, 5.41) is 13.7. The molecule has 3 amide bonds. The predicted molar refractivity (Wildman–Crippen MR) is 207 cm³/mol. The highest BCUT2D eigenvalue weighted by molar-refractivity contribution is 9.09. The van der Waals surface area contributed by atoms with E-state index in [1.807, 2.05) is 58.0 Å². The summed E-state index contributed by atoms with van der Waals surface area (Å²) in [6.07, 6.45) is 3.24. The minimum Gasteiger partial charge on any atom is -0.455 e. The molecule has 2 bridgehead atoms. The standard InChI is InChI=1S/C41H60BrN3O8/c1-11-13-19-30(47)43-28(23-51-10)33(26-17-15-14-16-18-26)52-38(50)31-32-36(48)45(29(22-46)25(3)4)35(41(32)21-27(42)34(31)53-41)37(49)44(20-12-2)40(8,9)24-39(5,6)7/h11-12,14-18,25,27-29,31-35,46H,1-2,13,19-24H2,3-10H3,(H,43,47)/t27?,28-,29-,31+,32-,33-,34+,35+,41-/m0/s1. The Balaban J connectivity index is 1.81. The molecule has 3 heterocycles. The van der Waals surface area contributed by atoms with Gasteiger partial charge in [0.25, 0.3) is 0 Å². The summed E-state index contributed by atoms with van der Waals surface area (Å²) in [5.41, 5.74) is -1.50. The van der Waals surface area contributed by atoms with Gasteiger partial charge in [0.05, 0.1) is 43.2 Å². The molecule has 53 heavy (non-hydrogen) atoms. The number of aliphatic hydroxyl groups is 1. The fourth-order valence-electron chi connectivity index (χ4n) is 9.02. The second-order valence-electron chi connectivity index (χ2n) is 16.9. The van der Waals surface area contributed by atoms with Gasteiger partial charge in [0, 0.05) is 30.4 Å². The van der Waals surface area contributed by atoms with Crippen molar-refractivity contribution in [1.82, 2.24) is 15.1 Å².